The molecular weight excluding hydrogens is 376 g/mol. The van der Waals surface area contributed by atoms with Gasteiger partial charge in [0.2, 0.25) is 0 Å². The molecule has 1 aliphatic heterocycles. The van der Waals surface area contributed by atoms with E-state index in [0.29, 0.717) is 10.9 Å². The third-order valence-corrected chi connectivity index (χ3v) is 6.06. The summed E-state index contributed by atoms with van der Waals surface area (Å²) in [7, 11) is 0. The first-order valence-electron chi connectivity index (χ1n) is 9.17. The van der Waals surface area contributed by atoms with Gasteiger partial charge < -0.3 is 10.2 Å². The summed E-state index contributed by atoms with van der Waals surface area (Å²) >= 11 is 1.50. The number of hydrogen-bond acceptors (Lipinski definition) is 6. The third kappa shape index (κ3) is 3.55. The molecule has 3 aromatic rings. The number of carbonyl (C=O) groups is 1. The number of nitro benzene ring substituents is 1. The number of thiophene rings is 1. The van der Waals surface area contributed by atoms with Gasteiger partial charge in [0.05, 0.1) is 20.9 Å². The summed E-state index contributed by atoms with van der Waals surface area (Å²) in [4.78, 5) is 31.7. The minimum absolute atomic E-state index is 0.0148. The zero-order valence-corrected chi connectivity index (χ0v) is 16.2. The Morgan fingerprint density at radius 1 is 1.25 bits per heavy atom. The molecule has 0 unspecified atom stereocenters. The van der Waals surface area contributed by atoms with Gasteiger partial charge in [0.25, 0.3) is 11.6 Å². The minimum atomic E-state index is -0.373. The molecule has 144 valence electrons. The van der Waals surface area contributed by atoms with Crippen LogP contribution in [0.15, 0.2) is 42.6 Å². The number of hydrogen-bond donors (Lipinski definition) is 1. The van der Waals surface area contributed by atoms with Crippen LogP contribution in [0.2, 0.25) is 0 Å². The van der Waals surface area contributed by atoms with E-state index in [0.717, 1.165) is 41.4 Å². The number of fused-ring (bicyclic) bond motifs is 1. The van der Waals surface area contributed by atoms with Crippen LogP contribution in [0, 0.1) is 17.0 Å². The first kappa shape index (κ1) is 18.4. The molecule has 1 aromatic carbocycles. The van der Waals surface area contributed by atoms with Gasteiger partial charge in [-0.25, -0.2) is 0 Å². The molecular formula is C20H20N4O3S. The molecule has 1 amide bonds. The molecule has 0 saturated carbocycles. The van der Waals surface area contributed by atoms with E-state index in [4.69, 9.17) is 0 Å². The molecule has 8 heteroatoms. The van der Waals surface area contributed by atoms with Crippen LogP contribution in [-0.4, -0.2) is 34.9 Å². The minimum Gasteiger partial charge on any atom is -0.370 e. The molecule has 1 fully saturated rings. The van der Waals surface area contributed by atoms with Crippen molar-refractivity contribution in [1.82, 2.24) is 10.3 Å². The van der Waals surface area contributed by atoms with Gasteiger partial charge in [-0.3, -0.25) is 19.9 Å². The maximum absolute atomic E-state index is 12.4. The van der Waals surface area contributed by atoms with Crippen molar-refractivity contribution in [2.45, 2.75) is 25.8 Å². The summed E-state index contributed by atoms with van der Waals surface area (Å²) in [5, 5.41) is 15.0. The Balaban J connectivity index is 1.47. The van der Waals surface area contributed by atoms with Crippen molar-refractivity contribution in [3.63, 3.8) is 0 Å². The largest absolute Gasteiger partial charge is 0.370 e. The average molecular weight is 396 g/mol. The first-order valence-corrected chi connectivity index (χ1v) is 9.99. The van der Waals surface area contributed by atoms with Crippen molar-refractivity contribution in [1.29, 1.82) is 0 Å². The lowest BCUT2D eigenvalue weighted by Crippen LogP contribution is -2.44. The van der Waals surface area contributed by atoms with Gasteiger partial charge in [0.1, 0.15) is 5.52 Å². The van der Waals surface area contributed by atoms with Crippen LogP contribution in [0.1, 0.15) is 27.4 Å². The van der Waals surface area contributed by atoms with Crippen LogP contribution < -0.4 is 10.2 Å². The molecule has 2 aromatic heterocycles. The molecule has 1 saturated heterocycles. The van der Waals surface area contributed by atoms with Gasteiger partial charge in [-0.1, -0.05) is 0 Å². The molecule has 0 radical (unpaired) electrons. The second kappa shape index (κ2) is 7.55. The standard InChI is InChI=1S/C20H20N4O3S/c1-13-4-7-18(28-13)20(25)22-14-8-11-23(12-9-14)17-6-5-16(24(26)27)15-3-2-10-21-19(15)17/h2-7,10,14H,8-9,11-12H2,1H3,(H,22,25). The number of nitro groups is 1. The zero-order chi connectivity index (χ0) is 19.7. The Labute approximate surface area is 166 Å². The van der Waals surface area contributed by atoms with Crippen LogP contribution in [-0.2, 0) is 0 Å². The van der Waals surface area contributed by atoms with Gasteiger partial charge in [0, 0.05) is 36.3 Å². The SMILES string of the molecule is Cc1ccc(C(=O)NC2CCN(c3ccc([N+](=O)[O-])c4cccnc34)CC2)s1. The van der Waals surface area contributed by atoms with E-state index in [-0.39, 0.29) is 22.6 Å². The van der Waals surface area contributed by atoms with Crippen LogP contribution >= 0.6 is 11.3 Å². The summed E-state index contributed by atoms with van der Waals surface area (Å²) in [6.07, 6.45) is 3.30. The van der Waals surface area contributed by atoms with Crippen molar-refractivity contribution in [3.05, 3.63) is 62.5 Å². The summed E-state index contributed by atoms with van der Waals surface area (Å²) in [5.74, 6) is -0.0148. The Hall–Kier alpha value is -3.00. The molecule has 0 atom stereocenters. The molecule has 7 nitrogen and oxygen atoms in total. The fourth-order valence-corrected chi connectivity index (χ4v) is 4.41. The van der Waals surface area contributed by atoms with Crippen molar-refractivity contribution in [3.8, 4) is 0 Å². The van der Waals surface area contributed by atoms with Gasteiger partial charge in [-0.05, 0) is 50.1 Å². The number of amides is 1. The van der Waals surface area contributed by atoms with Gasteiger partial charge in [-0.2, -0.15) is 0 Å². The highest BCUT2D eigenvalue weighted by atomic mass is 32.1. The lowest BCUT2D eigenvalue weighted by molar-refractivity contribution is -0.383. The number of pyridine rings is 1. The highest BCUT2D eigenvalue weighted by molar-refractivity contribution is 7.13. The molecule has 0 bridgehead atoms. The Bertz CT molecular complexity index is 1040. The number of piperidine rings is 1. The number of aryl methyl sites for hydroxylation is 1. The van der Waals surface area contributed by atoms with Crippen molar-refractivity contribution in [2.75, 3.05) is 18.0 Å². The number of rotatable bonds is 4. The number of non-ortho nitro benzene ring substituents is 1. The molecule has 28 heavy (non-hydrogen) atoms. The summed E-state index contributed by atoms with van der Waals surface area (Å²) in [5.41, 5.74) is 1.62. The van der Waals surface area contributed by atoms with Crippen LogP contribution in [0.5, 0.6) is 0 Å². The fourth-order valence-electron chi connectivity index (χ4n) is 3.63. The van der Waals surface area contributed by atoms with Gasteiger partial charge in [0.15, 0.2) is 0 Å². The molecule has 4 rings (SSSR count). The van der Waals surface area contributed by atoms with Gasteiger partial charge in [-0.15, -0.1) is 11.3 Å². The van der Waals surface area contributed by atoms with Crippen LogP contribution in [0.3, 0.4) is 0 Å². The van der Waals surface area contributed by atoms with Crippen molar-refractivity contribution < 1.29 is 9.72 Å². The van der Waals surface area contributed by atoms with E-state index in [1.807, 2.05) is 19.1 Å². The smallest absolute Gasteiger partial charge is 0.278 e. The topological polar surface area (TPSA) is 88.4 Å². The lowest BCUT2D eigenvalue weighted by atomic mass is 10.0. The Kier molecular flexibility index (Phi) is 4.95. The van der Waals surface area contributed by atoms with E-state index in [9.17, 15) is 14.9 Å². The molecule has 1 aliphatic rings. The second-order valence-electron chi connectivity index (χ2n) is 6.91. The monoisotopic (exact) mass is 396 g/mol. The zero-order valence-electron chi connectivity index (χ0n) is 15.4. The fraction of sp³-hybridized carbons (Fsp3) is 0.300. The summed E-state index contributed by atoms with van der Waals surface area (Å²) < 4.78 is 0. The summed E-state index contributed by atoms with van der Waals surface area (Å²) in [6.45, 7) is 3.51. The third-order valence-electron chi connectivity index (χ3n) is 5.06. The Morgan fingerprint density at radius 2 is 2.04 bits per heavy atom. The predicted octanol–water partition coefficient (Wildman–Crippen LogP) is 3.91. The summed E-state index contributed by atoms with van der Waals surface area (Å²) in [6, 6.07) is 10.7. The number of nitrogens with zero attached hydrogens (tertiary/aromatic N) is 3. The van der Waals surface area contributed by atoms with Crippen LogP contribution in [0.25, 0.3) is 10.9 Å². The highest BCUT2D eigenvalue weighted by Crippen LogP contribution is 2.33. The Morgan fingerprint density at radius 3 is 2.71 bits per heavy atom. The van der Waals surface area contributed by atoms with E-state index in [1.54, 1.807) is 30.5 Å². The average Bonchev–Trinajstić information content (AvgIpc) is 3.14. The molecule has 1 N–H and O–H groups in total. The number of nitrogens with one attached hydrogen (secondary N) is 1. The molecule has 0 aliphatic carbocycles. The van der Waals surface area contributed by atoms with Crippen molar-refractivity contribution in [2.24, 2.45) is 0 Å². The highest BCUT2D eigenvalue weighted by Gasteiger charge is 2.24. The van der Waals surface area contributed by atoms with Crippen molar-refractivity contribution >= 4 is 39.5 Å². The van der Waals surface area contributed by atoms with E-state index < -0.39 is 0 Å². The van der Waals surface area contributed by atoms with E-state index in [1.165, 1.54) is 11.3 Å². The lowest BCUT2D eigenvalue weighted by Gasteiger charge is -2.34. The number of aromatic nitrogens is 1. The van der Waals surface area contributed by atoms with Crippen LogP contribution in [0.4, 0.5) is 11.4 Å². The van der Waals surface area contributed by atoms with E-state index in [2.05, 4.69) is 15.2 Å². The predicted molar refractivity (Wildman–Crippen MR) is 110 cm³/mol. The van der Waals surface area contributed by atoms with Gasteiger partial charge >= 0.3 is 0 Å². The second-order valence-corrected chi connectivity index (χ2v) is 8.19. The maximum Gasteiger partial charge on any atom is 0.278 e. The number of anilines is 1. The van der Waals surface area contributed by atoms with E-state index >= 15 is 0 Å². The number of carbonyl (C=O) groups excluding carboxylic acids is 1. The molecule has 3 heterocycles. The molecule has 0 spiro atoms. The maximum atomic E-state index is 12.4. The number of benzene rings is 1. The normalized spacial score (nSPS) is 15.0. The quantitative estimate of drug-likeness (QED) is 0.533. The first-order chi connectivity index (χ1) is 13.5.